The Morgan fingerprint density at radius 1 is 1.16 bits per heavy atom. The van der Waals surface area contributed by atoms with Crippen LogP contribution in [0.5, 0.6) is 0 Å². The summed E-state index contributed by atoms with van der Waals surface area (Å²) in [7, 11) is 0. The third kappa shape index (κ3) is 3.23. The molecule has 0 bridgehead atoms. The van der Waals surface area contributed by atoms with Crippen LogP contribution in [0.2, 0.25) is 0 Å². The lowest BCUT2D eigenvalue weighted by atomic mass is 10.0. The van der Waals surface area contributed by atoms with E-state index in [9.17, 15) is 15.0 Å². The standard InChI is InChI=1S/C13H18N2O4/c16-11(12(17)13(18)19)9-1-3-10(4-2-9)15-7-5-14-6-8-15/h1-4,11-12,14,16-17H,5-8H2,(H,18,19). The van der Waals surface area contributed by atoms with Crippen molar-refractivity contribution >= 4 is 11.7 Å². The van der Waals surface area contributed by atoms with Gasteiger partial charge < -0.3 is 25.5 Å². The summed E-state index contributed by atoms with van der Waals surface area (Å²) in [5.41, 5.74) is 1.43. The number of carbonyl (C=O) groups is 1. The van der Waals surface area contributed by atoms with Gasteiger partial charge in [0.2, 0.25) is 0 Å². The fourth-order valence-electron chi connectivity index (χ4n) is 2.12. The molecule has 2 rings (SSSR count). The maximum absolute atomic E-state index is 10.6. The molecule has 0 saturated carbocycles. The summed E-state index contributed by atoms with van der Waals surface area (Å²) in [4.78, 5) is 12.8. The van der Waals surface area contributed by atoms with Crippen molar-refractivity contribution < 1.29 is 20.1 Å². The molecule has 104 valence electrons. The first-order valence-electron chi connectivity index (χ1n) is 6.24. The average molecular weight is 266 g/mol. The minimum absolute atomic E-state index is 0.397. The normalized spacial score (nSPS) is 18.9. The van der Waals surface area contributed by atoms with E-state index in [0.29, 0.717) is 5.56 Å². The molecule has 1 aromatic rings. The highest BCUT2D eigenvalue weighted by molar-refractivity contribution is 5.73. The van der Waals surface area contributed by atoms with Gasteiger partial charge in [-0.25, -0.2) is 4.79 Å². The molecular formula is C13H18N2O4. The van der Waals surface area contributed by atoms with Crippen LogP contribution in [0, 0.1) is 0 Å². The molecule has 2 atom stereocenters. The molecule has 1 fully saturated rings. The Bertz CT molecular complexity index is 429. The predicted molar refractivity (Wildman–Crippen MR) is 70.1 cm³/mol. The van der Waals surface area contributed by atoms with Gasteiger partial charge in [-0.15, -0.1) is 0 Å². The molecule has 4 N–H and O–H groups in total. The first-order chi connectivity index (χ1) is 9.09. The summed E-state index contributed by atoms with van der Waals surface area (Å²) in [5.74, 6) is -1.43. The summed E-state index contributed by atoms with van der Waals surface area (Å²) in [6, 6.07) is 6.96. The number of hydrogen-bond donors (Lipinski definition) is 4. The molecule has 1 aliphatic rings. The Morgan fingerprint density at radius 3 is 2.26 bits per heavy atom. The van der Waals surface area contributed by atoms with E-state index in [4.69, 9.17) is 5.11 Å². The fourth-order valence-corrected chi connectivity index (χ4v) is 2.12. The summed E-state index contributed by atoms with van der Waals surface area (Å²) in [6.07, 6.45) is -3.21. The number of rotatable bonds is 4. The van der Waals surface area contributed by atoms with Gasteiger partial charge in [-0.05, 0) is 17.7 Å². The van der Waals surface area contributed by atoms with Gasteiger partial charge in [0.15, 0.2) is 6.10 Å². The second-order valence-electron chi connectivity index (χ2n) is 4.56. The van der Waals surface area contributed by atoms with Crippen molar-refractivity contribution in [1.29, 1.82) is 0 Å². The van der Waals surface area contributed by atoms with Crippen molar-refractivity contribution in [3.05, 3.63) is 29.8 Å². The minimum atomic E-state index is -1.80. The van der Waals surface area contributed by atoms with Crippen molar-refractivity contribution in [2.24, 2.45) is 0 Å². The number of aliphatic hydroxyl groups is 2. The molecule has 2 unspecified atom stereocenters. The van der Waals surface area contributed by atoms with Crippen LogP contribution in [0.4, 0.5) is 5.69 Å². The second kappa shape index (κ2) is 6.01. The number of aliphatic hydroxyl groups excluding tert-OH is 2. The van der Waals surface area contributed by atoms with Crippen LogP contribution in [-0.4, -0.2) is 53.6 Å². The molecule has 0 radical (unpaired) electrons. The highest BCUT2D eigenvalue weighted by atomic mass is 16.4. The van der Waals surface area contributed by atoms with E-state index in [1.54, 1.807) is 12.1 Å². The third-order valence-corrected chi connectivity index (χ3v) is 3.27. The fraction of sp³-hybridized carbons (Fsp3) is 0.462. The number of hydrogen-bond acceptors (Lipinski definition) is 5. The molecule has 1 heterocycles. The van der Waals surface area contributed by atoms with Crippen LogP contribution in [0.1, 0.15) is 11.7 Å². The van der Waals surface area contributed by atoms with Gasteiger partial charge in [0, 0.05) is 31.9 Å². The minimum Gasteiger partial charge on any atom is -0.479 e. The van der Waals surface area contributed by atoms with Gasteiger partial charge in [-0.2, -0.15) is 0 Å². The quantitative estimate of drug-likeness (QED) is 0.591. The number of piperazine rings is 1. The van der Waals surface area contributed by atoms with Crippen LogP contribution in [0.25, 0.3) is 0 Å². The van der Waals surface area contributed by atoms with Crippen LogP contribution in [-0.2, 0) is 4.79 Å². The lowest BCUT2D eigenvalue weighted by molar-refractivity contribution is -0.153. The number of nitrogens with one attached hydrogen (secondary N) is 1. The highest BCUT2D eigenvalue weighted by Crippen LogP contribution is 2.21. The van der Waals surface area contributed by atoms with E-state index < -0.39 is 18.2 Å². The number of carboxylic acid groups (broad SMARTS) is 1. The maximum Gasteiger partial charge on any atom is 0.335 e. The summed E-state index contributed by atoms with van der Waals surface area (Å²) in [6.45, 7) is 3.70. The van der Waals surface area contributed by atoms with Gasteiger partial charge in [-0.3, -0.25) is 0 Å². The van der Waals surface area contributed by atoms with Gasteiger partial charge in [0.1, 0.15) is 6.10 Å². The zero-order valence-electron chi connectivity index (χ0n) is 10.5. The van der Waals surface area contributed by atoms with E-state index in [-0.39, 0.29) is 0 Å². The number of nitrogens with zero attached hydrogens (tertiary/aromatic N) is 1. The van der Waals surface area contributed by atoms with E-state index in [1.807, 2.05) is 12.1 Å². The average Bonchev–Trinajstić information content (AvgIpc) is 2.46. The third-order valence-electron chi connectivity index (χ3n) is 3.27. The second-order valence-corrected chi connectivity index (χ2v) is 4.56. The maximum atomic E-state index is 10.6. The van der Waals surface area contributed by atoms with Gasteiger partial charge >= 0.3 is 5.97 Å². The molecule has 0 aliphatic carbocycles. The SMILES string of the molecule is O=C(O)C(O)C(O)c1ccc(N2CCNCC2)cc1. The number of benzene rings is 1. The first-order valence-corrected chi connectivity index (χ1v) is 6.24. The molecule has 6 nitrogen and oxygen atoms in total. The van der Waals surface area contributed by atoms with Crippen LogP contribution in [0.15, 0.2) is 24.3 Å². The summed E-state index contributed by atoms with van der Waals surface area (Å²) in [5, 5.41) is 30.9. The van der Waals surface area contributed by atoms with E-state index in [2.05, 4.69) is 10.2 Å². The Labute approximate surface area is 111 Å². The Kier molecular flexibility index (Phi) is 4.36. The Balaban J connectivity index is 2.07. The molecule has 19 heavy (non-hydrogen) atoms. The van der Waals surface area contributed by atoms with Gasteiger partial charge in [-0.1, -0.05) is 12.1 Å². The van der Waals surface area contributed by atoms with Crippen LogP contribution >= 0.6 is 0 Å². The predicted octanol–water partition coefficient (Wildman–Crippen LogP) is -0.425. The zero-order valence-corrected chi connectivity index (χ0v) is 10.5. The van der Waals surface area contributed by atoms with E-state index in [0.717, 1.165) is 31.9 Å². The van der Waals surface area contributed by atoms with E-state index in [1.165, 1.54) is 0 Å². The molecule has 0 spiro atoms. The molecule has 0 amide bonds. The van der Waals surface area contributed by atoms with Gasteiger partial charge in [0.25, 0.3) is 0 Å². The first kappa shape index (κ1) is 13.8. The van der Waals surface area contributed by atoms with Crippen molar-refractivity contribution in [1.82, 2.24) is 5.32 Å². The topological polar surface area (TPSA) is 93.0 Å². The lowest BCUT2D eigenvalue weighted by Crippen LogP contribution is -2.43. The highest BCUT2D eigenvalue weighted by Gasteiger charge is 2.25. The Morgan fingerprint density at radius 2 is 1.74 bits per heavy atom. The molecule has 0 aromatic heterocycles. The number of aliphatic carboxylic acids is 1. The molecule has 1 aliphatic heterocycles. The molecule has 6 heteroatoms. The van der Waals surface area contributed by atoms with Crippen LogP contribution < -0.4 is 10.2 Å². The van der Waals surface area contributed by atoms with Crippen molar-refractivity contribution in [3.63, 3.8) is 0 Å². The Hall–Kier alpha value is -1.63. The largest absolute Gasteiger partial charge is 0.479 e. The molecular weight excluding hydrogens is 248 g/mol. The van der Waals surface area contributed by atoms with E-state index >= 15 is 0 Å². The zero-order chi connectivity index (χ0) is 13.8. The van der Waals surface area contributed by atoms with Crippen molar-refractivity contribution in [2.45, 2.75) is 12.2 Å². The summed E-state index contributed by atoms with van der Waals surface area (Å²) < 4.78 is 0. The molecule has 1 saturated heterocycles. The smallest absolute Gasteiger partial charge is 0.335 e. The monoisotopic (exact) mass is 266 g/mol. The summed E-state index contributed by atoms with van der Waals surface area (Å²) >= 11 is 0. The molecule has 1 aromatic carbocycles. The van der Waals surface area contributed by atoms with Crippen molar-refractivity contribution in [2.75, 3.05) is 31.1 Å². The number of anilines is 1. The number of carboxylic acids is 1. The van der Waals surface area contributed by atoms with Gasteiger partial charge in [0.05, 0.1) is 0 Å². The lowest BCUT2D eigenvalue weighted by Gasteiger charge is -2.29. The van der Waals surface area contributed by atoms with Crippen molar-refractivity contribution in [3.8, 4) is 0 Å². The van der Waals surface area contributed by atoms with Crippen LogP contribution in [0.3, 0.4) is 0 Å².